The molecule has 14 heavy (non-hydrogen) atoms. The van der Waals surface area contributed by atoms with Gasteiger partial charge in [-0.25, -0.2) is 5.48 Å². The number of aryl methyl sites for hydroxylation is 1. The Morgan fingerprint density at radius 3 is 2.57 bits per heavy atom. The zero-order chi connectivity index (χ0) is 10.4. The van der Waals surface area contributed by atoms with E-state index < -0.39 is 0 Å². The smallest absolute Gasteiger partial charge is 0.0653 e. The number of hydroxylamine groups is 1. The van der Waals surface area contributed by atoms with E-state index >= 15 is 0 Å². The van der Waals surface area contributed by atoms with Crippen LogP contribution in [0.1, 0.15) is 24.1 Å². The summed E-state index contributed by atoms with van der Waals surface area (Å²) in [4.78, 5) is 5.02. The average molecular weight is 194 g/mol. The molecule has 1 aromatic rings. The minimum Gasteiger partial charge on any atom is -0.323 e. The second-order valence-corrected chi connectivity index (χ2v) is 3.30. The summed E-state index contributed by atoms with van der Waals surface area (Å²) in [6.45, 7) is 5.29. The summed E-state index contributed by atoms with van der Waals surface area (Å²) in [5.74, 6) is 0. The average Bonchev–Trinajstić information content (AvgIpc) is 2.19. The number of benzene rings is 1. The highest BCUT2D eigenvalue weighted by molar-refractivity contribution is 5.23. The van der Waals surface area contributed by atoms with E-state index in [0.29, 0.717) is 13.2 Å². The van der Waals surface area contributed by atoms with Gasteiger partial charge >= 0.3 is 0 Å². The molecular weight excluding hydrogens is 176 g/mol. The molecule has 0 aromatic heterocycles. The van der Waals surface area contributed by atoms with Crippen LogP contribution in [-0.4, -0.2) is 13.2 Å². The molecule has 0 aliphatic carbocycles. The van der Waals surface area contributed by atoms with Crippen molar-refractivity contribution in [2.45, 2.75) is 19.9 Å². The SMILES string of the molecule is CCONC[C@H](N)c1ccc(C)cc1. The van der Waals surface area contributed by atoms with Gasteiger partial charge in [-0.05, 0) is 19.4 Å². The summed E-state index contributed by atoms with van der Waals surface area (Å²) < 4.78 is 0. The fourth-order valence-electron chi connectivity index (χ4n) is 1.18. The summed E-state index contributed by atoms with van der Waals surface area (Å²) >= 11 is 0. The van der Waals surface area contributed by atoms with Crippen molar-refractivity contribution >= 4 is 0 Å². The van der Waals surface area contributed by atoms with Crippen LogP contribution in [0.4, 0.5) is 0 Å². The van der Waals surface area contributed by atoms with Gasteiger partial charge in [0, 0.05) is 12.6 Å². The molecule has 3 N–H and O–H groups in total. The Hall–Kier alpha value is -0.900. The molecule has 1 rings (SSSR count). The number of hydrogen-bond acceptors (Lipinski definition) is 3. The molecule has 0 spiro atoms. The molecule has 0 aliphatic rings. The van der Waals surface area contributed by atoms with Crippen molar-refractivity contribution in [1.29, 1.82) is 0 Å². The van der Waals surface area contributed by atoms with Crippen LogP contribution in [0.3, 0.4) is 0 Å². The van der Waals surface area contributed by atoms with Crippen molar-refractivity contribution in [3.05, 3.63) is 35.4 Å². The van der Waals surface area contributed by atoms with Gasteiger partial charge < -0.3 is 10.6 Å². The van der Waals surface area contributed by atoms with Gasteiger partial charge in [-0.15, -0.1) is 0 Å². The lowest BCUT2D eigenvalue weighted by molar-refractivity contribution is 0.0475. The van der Waals surface area contributed by atoms with Crippen molar-refractivity contribution in [2.75, 3.05) is 13.2 Å². The fraction of sp³-hybridized carbons (Fsp3) is 0.455. The molecule has 0 unspecified atom stereocenters. The Bertz CT molecular complexity index is 258. The molecule has 0 saturated carbocycles. The molecule has 0 aliphatic heterocycles. The zero-order valence-electron chi connectivity index (χ0n) is 8.79. The van der Waals surface area contributed by atoms with Crippen LogP contribution < -0.4 is 11.2 Å². The van der Waals surface area contributed by atoms with Crippen molar-refractivity contribution in [2.24, 2.45) is 5.73 Å². The Balaban J connectivity index is 2.43. The third kappa shape index (κ3) is 3.46. The first-order valence-electron chi connectivity index (χ1n) is 4.91. The molecule has 0 amide bonds. The monoisotopic (exact) mass is 194 g/mol. The minimum atomic E-state index is -0.0119. The van der Waals surface area contributed by atoms with Crippen molar-refractivity contribution in [3.8, 4) is 0 Å². The maximum atomic E-state index is 5.94. The number of hydrogen-bond donors (Lipinski definition) is 2. The predicted octanol–water partition coefficient (Wildman–Crippen LogP) is 1.54. The number of rotatable bonds is 5. The fourth-order valence-corrected chi connectivity index (χ4v) is 1.18. The molecular formula is C11H18N2O. The molecule has 78 valence electrons. The molecule has 0 radical (unpaired) electrons. The normalized spacial score (nSPS) is 12.8. The van der Waals surface area contributed by atoms with E-state index in [2.05, 4.69) is 24.5 Å². The summed E-state index contributed by atoms with van der Waals surface area (Å²) in [5.41, 5.74) is 11.1. The summed E-state index contributed by atoms with van der Waals surface area (Å²) in [6, 6.07) is 8.22. The highest BCUT2D eigenvalue weighted by Gasteiger charge is 2.04. The largest absolute Gasteiger partial charge is 0.323 e. The van der Waals surface area contributed by atoms with Gasteiger partial charge in [-0.2, -0.15) is 0 Å². The van der Waals surface area contributed by atoms with Crippen molar-refractivity contribution in [3.63, 3.8) is 0 Å². The predicted molar refractivity (Wildman–Crippen MR) is 57.7 cm³/mol. The second-order valence-electron chi connectivity index (χ2n) is 3.30. The maximum absolute atomic E-state index is 5.94. The minimum absolute atomic E-state index is 0.0119. The van der Waals surface area contributed by atoms with E-state index in [9.17, 15) is 0 Å². The summed E-state index contributed by atoms with van der Waals surface area (Å²) in [7, 11) is 0. The molecule has 1 atom stereocenters. The van der Waals surface area contributed by atoms with Crippen LogP contribution in [-0.2, 0) is 4.84 Å². The van der Waals surface area contributed by atoms with E-state index in [0.717, 1.165) is 5.56 Å². The third-order valence-electron chi connectivity index (χ3n) is 2.06. The van der Waals surface area contributed by atoms with Gasteiger partial charge in [0.25, 0.3) is 0 Å². The Morgan fingerprint density at radius 2 is 2.00 bits per heavy atom. The maximum Gasteiger partial charge on any atom is 0.0653 e. The van der Waals surface area contributed by atoms with Crippen LogP contribution in [0.2, 0.25) is 0 Å². The summed E-state index contributed by atoms with van der Waals surface area (Å²) in [6.07, 6.45) is 0. The molecule has 0 bridgehead atoms. The number of nitrogens with two attached hydrogens (primary N) is 1. The van der Waals surface area contributed by atoms with Gasteiger partial charge in [0.1, 0.15) is 0 Å². The van der Waals surface area contributed by atoms with E-state index in [1.165, 1.54) is 5.56 Å². The second kappa shape index (κ2) is 5.75. The van der Waals surface area contributed by atoms with Crippen LogP contribution in [0.5, 0.6) is 0 Å². The zero-order valence-corrected chi connectivity index (χ0v) is 8.79. The Kier molecular flexibility index (Phi) is 4.59. The van der Waals surface area contributed by atoms with E-state index in [1.807, 2.05) is 19.1 Å². The Labute approximate surface area is 85.2 Å². The molecule has 1 aromatic carbocycles. The molecule has 0 fully saturated rings. The van der Waals surface area contributed by atoms with Gasteiger partial charge in [0.05, 0.1) is 6.61 Å². The number of nitrogens with one attached hydrogen (secondary N) is 1. The van der Waals surface area contributed by atoms with Crippen LogP contribution in [0.15, 0.2) is 24.3 Å². The van der Waals surface area contributed by atoms with Crippen LogP contribution in [0, 0.1) is 6.92 Å². The van der Waals surface area contributed by atoms with Gasteiger partial charge in [-0.3, -0.25) is 0 Å². The van der Waals surface area contributed by atoms with Gasteiger partial charge in [-0.1, -0.05) is 29.8 Å². The van der Waals surface area contributed by atoms with E-state index in [4.69, 9.17) is 10.6 Å². The lowest BCUT2D eigenvalue weighted by Crippen LogP contribution is -2.27. The first-order chi connectivity index (χ1) is 6.74. The van der Waals surface area contributed by atoms with Gasteiger partial charge in [0.15, 0.2) is 0 Å². The quantitative estimate of drug-likeness (QED) is 0.552. The standard InChI is InChI=1S/C11H18N2O/c1-3-14-13-8-11(12)10-6-4-9(2)5-7-10/h4-7,11,13H,3,8,12H2,1-2H3/t11-/m0/s1. The topological polar surface area (TPSA) is 47.3 Å². The van der Waals surface area contributed by atoms with Crippen LogP contribution in [0.25, 0.3) is 0 Å². The van der Waals surface area contributed by atoms with Crippen molar-refractivity contribution < 1.29 is 4.84 Å². The molecule has 3 heteroatoms. The van der Waals surface area contributed by atoms with E-state index in [-0.39, 0.29) is 6.04 Å². The van der Waals surface area contributed by atoms with Crippen molar-refractivity contribution in [1.82, 2.24) is 5.48 Å². The lowest BCUT2D eigenvalue weighted by Gasteiger charge is -2.12. The first-order valence-corrected chi connectivity index (χ1v) is 4.91. The highest BCUT2D eigenvalue weighted by atomic mass is 16.6. The van der Waals surface area contributed by atoms with Crippen LogP contribution >= 0.6 is 0 Å². The Morgan fingerprint density at radius 1 is 1.36 bits per heavy atom. The molecule has 0 heterocycles. The molecule has 0 saturated heterocycles. The first kappa shape index (κ1) is 11.2. The molecule has 3 nitrogen and oxygen atoms in total. The summed E-state index contributed by atoms with van der Waals surface area (Å²) in [5, 5.41) is 0. The lowest BCUT2D eigenvalue weighted by atomic mass is 10.1. The highest BCUT2D eigenvalue weighted by Crippen LogP contribution is 2.10. The third-order valence-corrected chi connectivity index (χ3v) is 2.06. The van der Waals surface area contributed by atoms with Gasteiger partial charge in [0.2, 0.25) is 0 Å². The van der Waals surface area contributed by atoms with E-state index in [1.54, 1.807) is 0 Å².